The lowest BCUT2D eigenvalue weighted by molar-refractivity contribution is -0.149. The average molecular weight is 372 g/mol. The van der Waals surface area contributed by atoms with Crippen LogP contribution in [0, 0.1) is 0 Å². The minimum atomic E-state index is -1.22. The lowest BCUT2D eigenvalue weighted by Crippen LogP contribution is -2.35. The van der Waals surface area contributed by atoms with E-state index >= 15 is 0 Å². The van der Waals surface area contributed by atoms with Crippen molar-refractivity contribution < 1.29 is 14.3 Å². The predicted octanol–water partition coefficient (Wildman–Crippen LogP) is 3.77. The van der Waals surface area contributed by atoms with E-state index in [1.165, 1.54) is 7.11 Å². The number of benzene rings is 1. The lowest BCUT2D eigenvalue weighted by atomic mass is 10.3. The number of methoxy groups -OCH3 is 1. The fourth-order valence-corrected chi connectivity index (χ4v) is 2.09. The summed E-state index contributed by atoms with van der Waals surface area (Å²) in [5.41, 5.74) is 0. The molecule has 88 valence electrons. The van der Waals surface area contributed by atoms with Crippen molar-refractivity contribution in [3.05, 3.63) is 27.7 Å². The Hall–Kier alpha value is -0.260. The summed E-state index contributed by atoms with van der Waals surface area (Å²) in [6.07, 6.45) is 0. The van der Waals surface area contributed by atoms with Crippen molar-refractivity contribution >= 4 is 49.4 Å². The first-order chi connectivity index (χ1) is 7.36. The van der Waals surface area contributed by atoms with Gasteiger partial charge in [-0.25, -0.2) is 4.79 Å². The van der Waals surface area contributed by atoms with Crippen LogP contribution >= 0.6 is 43.5 Å². The fourth-order valence-electron chi connectivity index (χ4n) is 0.988. The number of hydrogen-bond donors (Lipinski definition) is 0. The predicted molar refractivity (Wildman–Crippen MR) is 69.1 cm³/mol. The van der Waals surface area contributed by atoms with Gasteiger partial charge in [-0.3, -0.25) is 0 Å². The van der Waals surface area contributed by atoms with Crippen LogP contribution < -0.4 is 4.74 Å². The van der Waals surface area contributed by atoms with E-state index in [9.17, 15) is 4.79 Å². The van der Waals surface area contributed by atoms with E-state index in [0.29, 0.717) is 15.2 Å². The van der Waals surface area contributed by atoms with Gasteiger partial charge in [0.05, 0.1) is 11.6 Å². The molecule has 1 rings (SSSR count). The molecule has 1 atom stereocenters. The number of ether oxygens (including phenoxy) is 2. The summed E-state index contributed by atoms with van der Waals surface area (Å²) < 4.78 is 9.51. The van der Waals surface area contributed by atoms with Gasteiger partial charge in [-0.1, -0.05) is 11.6 Å². The van der Waals surface area contributed by atoms with Crippen molar-refractivity contribution in [3.63, 3.8) is 0 Å². The number of carbonyl (C=O) groups is 1. The molecule has 1 aromatic rings. The molecule has 0 saturated carbocycles. The van der Waals surface area contributed by atoms with Crippen molar-refractivity contribution in [2.75, 3.05) is 7.11 Å². The molecule has 0 bridgehead atoms. The molecule has 0 saturated heterocycles. The van der Waals surface area contributed by atoms with Crippen LogP contribution in [0.3, 0.4) is 0 Å². The molecule has 0 amide bonds. The first-order valence-electron chi connectivity index (χ1n) is 4.28. The van der Waals surface area contributed by atoms with Crippen LogP contribution in [0.15, 0.2) is 22.7 Å². The molecule has 3 nitrogen and oxygen atoms in total. The highest BCUT2D eigenvalue weighted by atomic mass is 79.9. The molecule has 0 spiro atoms. The smallest absolute Gasteiger partial charge is 0.361 e. The molecule has 0 aliphatic heterocycles. The summed E-state index contributed by atoms with van der Waals surface area (Å²) in [6.45, 7) is 1.56. The molecule has 0 aromatic heterocycles. The topological polar surface area (TPSA) is 35.5 Å². The summed E-state index contributed by atoms with van der Waals surface area (Å²) in [6, 6.07) is 5.01. The van der Waals surface area contributed by atoms with E-state index in [1.807, 2.05) is 0 Å². The number of carbonyl (C=O) groups excluding carboxylic acids is 1. The number of rotatable bonds is 3. The Morgan fingerprint density at radius 2 is 2.12 bits per heavy atom. The van der Waals surface area contributed by atoms with Crippen molar-refractivity contribution in [3.8, 4) is 5.75 Å². The van der Waals surface area contributed by atoms with E-state index in [-0.39, 0.29) is 0 Å². The van der Waals surface area contributed by atoms with E-state index in [4.69, 9.17) is 16.3 Å². The van der Waals surface area contributed by atoms with Crippen molar-refractivity contribution in [2.24, 2.45) is 0 Å². The Labute approximate surface area is 115 Å². The third kappa shape index (κ3) is 3.37. The number of alkyl halides is 1. The zero-order chi connectivity index (χ0) is 12.3. The van der Waals surface area contributed by atoms with Gasteiger partial charge >= 0.3 is 5.97 Å². The molecule has 0 fully saturated rings. The van der Waals surface area contributed by atoms with Crippen LogP contribution in [0.4, 0.5) is 0 Å². The molecule has 0 aliphatic carbocycles. The second kappa shape index (κ2) is 5.38. The van der Waals surface area contributed by atoms with Gasteiger partial charge in [0, 0.05) is 5.02 Å². The summed E-state index contributed by atoms with van der Waals surface area (Å²) in [7, 11) is 1.29. The van der Waals surface area contributed by atoms with Crippen LogP contribution in [0.5, 0.6) is 5.75 Å². The van der Waals surface area contributed by atoms with Gasteiger partial charge in [0.1, 0.15) is 5.75 Å². The molecule has 1 unspecified atom stereocenters. The van der Waals surface area contributed by atoms with Crippen LogP contribution in [0.1, 0.15) is 6.92 Å². The molecule has 0 aliphatic rings. The van der Waals surface area contributed by atoms with E-state index in [0.717, 1.165) is 0 Å². The molecule has 16 heavy (non-hydrogen) atoms. The first-order valence-corrected chi connectivity index (χ1v) is 6.24. The van der Waals surface area contributed by atoms with E-state index in [1.54, 1.807) is 25.1 Å². The highest BCUT2D eigenvalue weighted by molar-refractivity contribution is 9.10. The first kappa shape index (κ1) is 13.8. The zero-order valence-electron chi connectivity index (χ0n) is 8.59. The molecule has 1 aromatic carbocycles. The van der Waals surface area contributed by atoms with E-state index in [2.05, 4.69) is 36.6 Å². The fraction of sp³-hybridized carbons (Fsp3) is 0.300. The van der Waals surface area contributed by atoms with Gasteiger partial charge in [-0.2, -0.15) is 0 Å². The second-order valence-corrected chi connectivity index (χ2v) is 5.89. The molecular formula is C10H9Br2ClO3. The minimum Gasteiger partial charge on any atom is -0.465 e. The monoisotopic (exact) mass is 370 g/mol. The van der Waals surface area contributed by atoms with Crippen molar-refractivity contribution in [2.45, 2.75) is 11.4 Å². The normalized spacial score (nSPS) is 14.1. The van der Waals surface area contributed by atoms with Gasteiger partial charge in [-0.05, 0) is 57.0 Å². The third-order valence-electron chi connectivity index (χ3n) is 1.75. The average Bonchev–Trinajstić information content (AvgIpc) is 2.21. The van der Waals surface area contributed by atoms with Crippen LogP contribution in [0.2, 0.25) is 5.02 Å². The Morgan fingerprint density at radius 1 is 1.50 bits per heavy atom. The maximum absolute atomic E-state index is 11.4. The highest BCUT2D eigenvalue weighted by Crippen LogP contribution is 2.33. The molecule has 6 heteroatoms. The Balaban J connectivity index is 2.92. The van der Waals surface area contributed by atoms with Gasteiger partial charge < -0.3 is 9.47 Å². The quantitative estimate of drug-likeness (QED) is 0.599. The lowest BCUT2D eigenvalue weighted by Gasteiger charge is -2.22. The molecular weight excluding hydrogens is 363 g/mol. The molecule has 0 heterocycles. The SMILES string of the molecule is COC(=O)C(C)(Br)Oc1ccc(Cl)cc1Br. The Bertz CT molecular complexity index is 407. The number of hydrogen-bond acceptors (Lipinski definition) is 3. The number of halogens is 3. The molecule has 0 radical (unpaired) electrons. The van der Waals surface area contributed by atoms with E-state index < -0.39 is 10.5 Å². The number of esters is 1. The van der Waals surface area contributed by atoms with Crippen LogP contribution in [0.25, 0.3) is 0 Å². The highest BCUT2D eigenvalue weighted by Gasteiger charge is 2.34. The summed E-state index contributed by atoms with van der Waals surface area (Å²) >= 11 is 12.2. The van der Waals surface area contributed by atoms with Gasteiger partial charge in [-0.15, -0.1) is 0 Å². The van der Waals surface area contributed by atoms with Gasteiger partial charge in [0.15, 0.2) is 0 Å². The van der Waals surface area contributed by atoms with Gasteiger partial charge in [0.2, 0.25) is 0 Å². The summed E-state index contributed by atoms with van der Waals surface area (Å²) in [5, 5.41) is 0.577. The van der Waals surface area contributed by atoms with Crippen LogP contribution in [-0.4, -0.2) is 17.6 Å². The maximum atomic E-state index is 11.4. The minimum absolute atomic E-state index is 0.495. The van der Waals surface area contributed by atoms with Crippen LogP contribution in [-0.2, 0) is 9.53 Å². The van der Waals surface area contributed by atoms with Crippen molar-refractivity contribution in [1.29, 1.82) is 0 Å². The Morgan fingerprint density at radius 3 is 2.62 bits per heavy atom. The largest absolute Gasteiger partial charge is 0.465 e. The standard InChI is InChI=1S/C10H9Br2ClO3/c1-10(12,9(14)15-2)16-8-4-3-6(13)5-7(8)11/h3-5H,1-2H3. The third-order valence-corrected chi connectivity index (χ3v) is 3.09. The summed E-state index contributed by atoms with van der Waals surface area (Å²) in [4.78, 5) is 11.4. The molecule has 0 N–H and O–H groups in total. The summed E-state index contributed by atoms with van der Waals surface area (Å²) in [5.74, 6) is -0.0245. The second-order valence-electron chi connectivity index (χ2n) is 3.09. The maximum Gasteiger partial charge on any atom is 0.361 e. The van der Waals surface area contributed by atoms with Gasteiger partial charge in [0.25, 0.3) is 4.51 Å². The Kier molecular flexibility index (Phi) is 4.64. The van der Waals surface area contributed by atoms with Crippen molar-refractivity contribution in [1.82, 2.24) is 0 Å². The zero-order valence-corrected chi connectivity index (χ0v) is 12.5.